The van der Waals surface area contributed by atoms with Crippen molar-refractivity contribution in [1.29, 1.82) is 0 Å². The molecule has 4 aliphatic heterocycles. The highest BCUT2D eigenvalue weighted by Gasteiger charge is 2.53. The summed E-state index contributed by atoms with van der Waals surface area (Å²) in [5.41, 5.74) is 3.84. The van der Waals surface area contributed by atoms with E-state index in [1.54, 1.807) is 6.07 Å². The molecule has 4 aliphatic rings. The van der Waals surface area contributed by atoms with Crippen molar-refractivity contribution < 1.29 is 5.11 Å². The number of benzene rings is 1. The van der Waals surface area contributed by atoms with Crippen molar-refractivity contribution in [2.45, 2.75) is 64.2 Å². The van der Waals surface area contributed by atoms with Crippen molar-refractivity contribution in [2.75, 3.05) is 19.6 Å². The lowest BCUT2D eigenvalue weighted by Gasteiger charge is -2.51. The van der Waals surface area contributed by atoms with E-state index >= 15 is 0 Å². The lowest BCUT2D eigenvalue weighted by Crippen LogP contribution is -2.59. The SMILES string of the molecule is CCCn1cc(CN2C[C@H](c3cccc(O)c3)[C@H]3[C@@H]2C2CCN3CC2)c(C)n1. The van der Waals surface area contributed by atoms with Crippen LogP contribution in [0, 0.1) is 12.8 Å². The number of aryl methyl sites for hydroxylation is 2. The number of piperidine rings is 3. The van der Waals surface area contributed by atoms with Crippen molar-refractivity contribution in [3.8, 4) is 5.75 Å². The number of aromatic hydroxyl groups is 1. The Bertz CT molecular complexity index is 839. The van der Waals surface area contributed by atoms with Gasteiger partial charge in [0.1, 0.15) is 5.75 Å². The number of phenolic OH excluding ortho intramolecular Hbond substituents is 1. The Morgan fingerprint density at radius 3 is 2.75 bits per heavy atom. The van der Waals surface area contributed by atoms with Crippen LogP contribution in [0.4, 0.5) is 0 Å². The summed E-state index contributed by atoms with van der Waals surface area (Å²) in [6.07, 6.45) is 6.04. The summed E-state index contributed by atoms with van der Waals surface area (Å²) in [4.78, 5) is 5.46. The van der Waals surface area contributed by atoms with Crippen LogP contribution in [-0.4, -0.2) is 56.4 Å². The summed E-state index contributed by atoms with van der Waals surface area (Å²) in [5.74, 6) is 1.68. The number of likely N-dealkylation sites (tertiary alicyclic amines) is 1. The van der Waals surface area contributed by atoms with Crippen LogP contribution in [0.3, 0.4) is 0 Å². The van der Waals surface area contributed by atoms with E-state index in [1.807, 2.05) is 12.1 Å². The van der Waals surface area contributed by atoms with Crippen LogP contribution in [0.1, 0.15) is 48.9 Å². The van der Waals surface area contributed by atoms with Gasteiger partial charge in [0.05, 0.1) is 5.69 Å². The Kier molecular flexibility index (Phi) is 4.68. The molecule has 5 heteroatoms. The average Bonchev–Trinajstić information content (AvgIpc) is 3.26. The normalized spacial score (nSPS) is 32.0. The van der Waals surface area contributed by atoms with Gasteiger partial charge in [-0.25, -0.2) is 0 Å². The van der Waals surface area contributed by atoms with Crippen LogP contribution in [0.2, 0.25) is 0 Å². The highest BCUT2D eigenvalue weighted by Crippen LogP contribution is 2.47. The van der Waals surface area contributed by atoms with E-state index in [-0.39, 0.29) is 0 Å². The molecule has 2 aromatic rings. The first-order valence-electron chi connectivity index (χ1n) is 10.9. The van der Waals surface area contributed by atoms with Crippen LogP contribution in [0.15, 0.2) is 30.5 Å². The molecule has 5 nitrogen and oxygen atoms in total. The van der Waals surface area contributed by atoms with E-state index in [2.05, 4.69) is 40.6 Å². The van der Waals surface area contributed by atoms with E-state index in [1.165, 1.54) is 42.8 Å². The van der Waals surface area contributed by atoms with Gasteiger partial charge in [0.25, 0.3) is 0 Å². The molecule has 0 radical (unpaired) electrons. The van der Waals surface area contributed by atoms with E-state index in [9.17, 15) is 5.11 Å². The minimum Gasteiger partial charge on any atom is -0.508 e. The van der Waals surface area contributed by atoms with Crippen LogP contribution in [0.25, 0.3) is 0 Å². The standard InChI is InChI=1S/C23H32N4O/c1-3-9-27-14-19(16(2)24-27)13-26-15-21(18-5-4-6-20(28)12-18)23-22(26)17-7-10-25(23)11-8-17/h4-6,12,14,17,21-23,28H,3,7-11,13,15H2,1-2H3/t21-,22+,23+/m1/s1. The zero-order chi connectivity index (χ0) is 19.3. The third-order valence-corrected chi connectivity index (χ3v) is 7.27. The van der Waals surface area contributed by atoms with E-state index in [4.69, 9.17) is 5.10 Å². The molecule has 3 atom stereocenters. The first-order chi connectivity index (χ1) is 13.6. The highest BCUT2D eigenvalue weighted by molar-refractivity contribution is 5.33. The van der Waals surface area contributed by atoms with E-state index in [0.717, 1.165) is 32.0 Å². The van der Waals surface area contributed by atoms with Crippen molar-refractivity contribution in [2.24, 2.45) is 5.92 Å². The lowest BCUT2D eigenvalue weighted by atomic mass is 9.75. The zero-order valence-electron chi connectivity index (χ0n) is 17.1. The summed E-state index contributed by atoms with van der Waals surface area (Å²) in [6.45, 7) is 9.90. The fourth-order valence-electron chi connectivity index (χ4n) is 6.05. The predicted octanol–water partition coefficient (Wildman–Crippen LogP) is 3.37. The fraction of sp³-hybridized carbons (Fsp3) is 0.609. The van der Waals surface area contributed by atoms with Crippen LogP contribution >= 0.6 is 0 Å². The van der Waals surface area contributed by atoms with Crippen molar-refractivity contribution in [3.05, 3.63) is 47.3 Å². The van der Waals surface area contributed by atoms with Gasteiger partial charge < -0.3 is 5.11 Å². The van der Waals surface area contributed by atoms with Crippen LogP contribution in [0.5, 0.6) is 5.75 Å². The Hall–Kier alpha value is -1.85. The molecule has 4 fully saturated rings. The summed E-state index contributed by atoms with van der Waals surface area (Å²) in [7, 11) is 0. The third-order valence-electron chi connectivity index (χ3n) is 7.27. The Morgan fingerprint density at radius 2 is 2.00 bits per heavy atom. The molecule has 0 aliphatic carbocycles. The quantitative estimate of drug-likeness (QED) is 0.864. The van der Waals surface area contributed by atoms with Crippen molar-refractivity contribution in [1.82, 2.24) is 19.6 Å². The molecular weight excluding hydrogens is 348 g/mol. The number of hydrogen-bond acceptors (Lipinski definition) is 4. The first kappa shape index (κ1) is 18.2. The molecule has 0 amide bonds. The molecule has 28 heavy (non-hydrogen) atoms. The van der Waals surface area contributed by atoms with E-state index in [0.29, 0.717) is 23.8 Å². The van der Waals surface area contributed by atoms with Crippen LogP contribution in [-0.2, 0) is 13.1 Å². The molecule has 4 saturated heterocycles. The zero-order valence-corrected chi connectivity index (χ0v) is 17.1. The second kappa shape index (κ2) is 7.20. The molecule has 0 unspecified atom stereocenters. The Balaban J connectivity index is 1.45. The minimum absolute atomic E-state index is 0.389. The summed E-state index contributed by atoms with van der Waals surface area (Å²) in [5, 5.41) is 14.8. The second-order valence-corrected chi connectivity index (χ2v) is 8.99. The molecule has 1 aromatic carbocycles. The first-order valence-corrected chi connectivity index (χ1v) is 10.9. The number of hydrogen-bond donors (Lipinski definition) is 1. The highest BCUT2D eigenvalue weighted by atomic mass is 16.3. The smallest absolute Gasteiger partial charge is 0.115 e. The molecule has 6 rings (SSSR count). The number of rotatable bonds is 5. The van der Waals surface area contributed by atoms with Crippen molar-refractivity contribution in [3.63, 3.8) is 0 Å². The molecule has 150 valence electrons. The minimum atomic E-state index is 0.389. The Labute approximate surface area is 168 Å². The van der Waals surface area contributed by atoms with Gasteiger partial charge >= 0.3 is 0 Å². The van der Waals surface area contributed by atoms with Gasteiger partial charge in [-0.3, -0.25) is 14.5 Å². The van der Waals surface area contributed by atoms with Gasteiger partial charge in [0, 0.05) is 49.4 Å². The maximum absolute atomic E-state index is 10.1. The van der Waals surface area contributed by atoms with Gasteiger partial charge in [0.15, 0.2) is 0 Å². The molecule has 1 aromatic heterocycles. The third kappa shape index (κ3) is 3.05. The molecule has 1 N–H and O–H groups in total. The van der Waals surface area contributed by atoms with Gasteiger partial charge in [0.2, 0.25) is 0 Å². The average molecular weight is 381 g/mol. The Morgan fingerprint density at radius 1 is 1.18 bits per heavy atom. The van der Waals surface area contributed by atoms with Gasteiger partial charge in [-0.1, -0.05) is 19.1 Å². The number of nitrogens with zero attached hydrogens (tertiary/aromatic N) is 4. The summed E-state index contributed by atoms with van der Waals surface area (Å²) < 4.78 is 2.11. The monoisotopic (exact) mass is 380 g/mol. The van der Waals surface area contributed by atoms with Gasteiger partial charge in [-0.2, -0.15) is 5.10 Å². The largest absolute Gasteiger partial charge is 0.508 e. The summed E-state index contributed by atoms with van der Waals surface area (Å²) >= 11 is 0. The van der Waals surface area contributed by atoms with Crippen molar-refractivity contribution >= 4 is 0 Å². The fourth-order valence-corrected chi connectivity index (χ4v) is 6.05. The topological polar surface area (TPSA) is 44.5 Å². The van der Waals surface area contributed by atoms with Gasteiger partial charge in [-0.15, -0.1) is 0 Å². The number of aromatic nitrogens is 2. The molecular formula is C23H32N4O. The molecule has 5 heterocycles. The molecule has 2 bridgehead atoms. The number of fused-ring (bicyclic) bond motifs is 2. The second-order valence-electron chi connectivity index (χ2n) is 8.99. The molecule has 0 saturated carbocycles. The van der Waals surface area contributed by atoms with Crippen LogP contribution < -0.4 is 0 Å². The summed E-state index contributed by atoms with van der Waals surface area (Å²) in [6, 6.07) is 9.19. The number of phenols is 1. The molecule has 0 spiro atoms. The van der Waals surface area contributed by atoms with E-state index < -0.39 is 0 Å². The lowest BCUT2D eigenvalue weighted by molar-refractivity contribution is -0.00874. The predicted molar refractivity (Wildman–Crippen MR) is 110 cm³/mol. The van der Waals surface area contributed by atoms with Gasteiger partial charge in [-0.05, 0) is 62.9 Å². The maximum atomic E-state index is 10.1. The maximum Gasteiger partial charge on any atom is 0.115 e.